The van der Waals surface area contributed by atoms with E-state index in [2.05, 4.69) is 40.4 Å². The van der Waals surface area contributed by atoms with Crippen LogP contribution in [0.5, 0.6) is 0 Å². The monoisotopic (exact) mass is 313 g/mol. The third kappa shape index (κ3) is 4.31. The van der Waals surface area contributed by atoms with Crippen LogP contribution in [0.25, 0.3) is 0 Å². The van der Waals surface area contributed by atoms with Crippen molar-refractivity contribution in [2.75, 3.05) is 17.2 Å². The lowest BCUT2D eigenvalue weighted by molar-refractivity contribution is -0.119. The van der Waals surface area contributed by atoms with E-state index in [4.69, 9.17) is 5.73 Å². The number of amides is 1. The molecule has 0 aliphatic rings. The number of hydrogen-bond donors (Lipinski definition) is 3. The van der Waals surface area contributed by atoms with Gasteiger partial charge in [-0.2, -0.15) is 0 Å². The normalized spacial score (nSPS) is 12.3. The van der Waals surface area contributed by atoms with Gasteiger partial charge in [-0.1, -0.05) is 22.9 Å². The summed E-state index contributed by atoms with van der Waals surface area (Å²) < 4.78 is 0.924. The molecule has 0 fully saturated rings. The molecule has 1 rings (SSSR count). The average molecular weight is 314 g/mol. The molecule has 1 aromatic carbocycles. The quantitative estimate of drug-likeness (QED) is 0.783. The van der Waals surface area contributed by atoms with Crippen molar-refractivity contribution in [1.29, 1.82) is 0 Å². The van der Waals surface area contributed by atoms with E-state index in [1.54, 1.807) is 0 Å². The fourth-order valence-corrected chi connectivity index (χ4v) is 1.78. The molecule has 0 aromatic heterocycles. The van der Waals surface area contributed by atoms with Crippen molar-refractivity contribution in [2.45, 2.75) is 26.8 Å². The lowest BCUT2D eigenvalue weighted by Gasteiger charge is -2.17. The lowest BCUT2D eigenvalue weighted by atomic mass is 10.1. The number of hydrogen-bond acceptors (Lipinski definition) is 3. The molecular weight excluding hydrogens is 294 g/mol. The standard InChI is InChI=1S/C13H20BrN3O/c1-8(2)16-11-5-4-10(14)6-12(11)17-13(18)9(3)7-15/h4-6,8-9,16H,7,15H2,1-3H3,(H,17,18). The molecule has 0 aliphatic heterocycles. The third-order valence-electron chi connectivity index (χ3n) is 2.48. The van der Waals surface area contributed by atoms with Crippen molar-refractivity contribution in [3.05, 3.63) is 22.7 Å². The second-order valence-electron chi connectivity index (χ2n) is 4.61. The maximum Gasteiger partial charge on any atom is 0.228 e. The summed E-state index contributed by atoms with van der Waals surface area (Å²) in [5, 5.41) is 6.19. The van der Waals surface area contributed by atoms with Crippen molar-refractivity contribution >= 4 is 33.2 Å². The predicted octanol–water partition coefficient (Wildman–Crippen LogP) is 2.80. The van der Waals surface area contributed by atoms with Crippen molar-refractivity contribution in [3.63, 3.8) is 0 Å². The number of carbonyl (C=O) groups is 1. The predicted molar refractivity (Wildman–Crippen MR) is 79.7 cm³/mol. The van der Waals surface area contributed by atoms with E-state index in [1.807, 2.05) is 25.1 Å². The first-order chi connectivity index (χ1) is 8.43. The SMILES string of the molecule is CC(C)Nc1ccc(Br)cc1NC(=O)C(C)CN. The van der Waals surface area contributed by atoms with Gasteiger partial charge in [0.2, 0.25) is 5.91 Å². The molecule has 0 saturated carbocycles. The number of anilines is 2. The summed E-state index contributed by atoms with van der Waals surface area (Å²) in [6.07, 6.45) is 0. The summed E-state index contributed by atoms with van der Waals surface area (Å²) in [6.45, 7) is 6.25. The van der Waals surface area contributed by atoms with Gasteiger partial charge in [-0.05, 0) is 32.0 Å². The molecule has 0 aliphatic carbocycles. The number of nitrogens with one attached hydrogen (secondary N) is 2. The molecule has 1 aromatic rings. The molecule has 1 unspecified atom stereocenters. The molecule has 5 heteroatoms. The number of nitrogens with two attached hydrogens (primary N) is 1. The maximum absolute atomic E-state index is 11.9. The van der Waals surface area contributed by atoms with Crippen LogP contribution in [0.15, 0.2) is 22.7 Å². The summed E-state index contributed by atoms with van der Waals surface area (Å²) in [6, 6.07) is 6.06. The van der Waals surface area contributed by atoms with Crippen LogP contribution in [0.2, 0.25) is 0 Å². The van der Waals surface area contributed by atoms with Crippen molar-refractivity contribution in [2.24, 2.45) is 11.7 Å². The molecule has 0 saturated heterocycles. The summed E-state index contributed by atoms with van der Waals surface area (Å²) in [7, 11) is 0. The summed E-state index contributed by atoms with van der Waals surface area (Å²) in [5.74, 6) is -0.265. The number of carbonyl (C=O) groups excluding carboxylic acids is 1. The van der Waals surface area contributed by atoms with Crippen LogP contribution in [0.4, 0.5) is 11.4 Å². The van der Waals surface area contributed by atoms with E-state index in [0.29, 0.717) is 12.6 Å². The maximum atomic E-state index is 11.9. The van der Waals surface area contributed by atoms with Gasteiger partial charge in [-0.3, -0.25) is 4.79 Å². The van der Waals surface area contributed by atoms with Crippen LogP contribution in [-0.4, -0.2) is 18.5 Å². The van der Waals surface area contributed by atoms with E-state index in [0.717, 1.165) is 15.8 Å². The molecule has 1 amide bonds. The molecule has 0 spiro atoms. The topological polar surface area (TPSA) is 67.1 Å². The Kier molecular flexibility index (Phi) is 5.62. The first-order valence-electron chi connectivity index (χ1n) is 6.01. The molecule has 100 valence electrons. The Morgan fingerprint density at radius 2 is 2.00 bits per heavy atom. The zero-order valence-corrected chi connectivity index (χ0v) is 12.5. The van der Waals surface area contributed by atoms with E-state index < -0.39 is 0 Å². The highest BCUT2D eigenvalue weighted by molar-refractivity contribution is 9.10. The van der Waals surface area contributed by atoms with Crippen LogP contribution in [0.1, 0.15) is 20.8 Å². The van der Waals surface area contributed by atoms with E-state index in [9.17, 15) is 4.79 Å². The number of halogens is 1. The highest BCUT2D eigenvalue weighted by atomic mass is 79.9. The average Bonchev–Trinajstić information content (AvgIpc) is 2.31. The van der Waals surface area contributed by atoms with Crippen molar-refractivity contribution in [3.8, 4) is 0 Å². The van der Waals surface area contributed by atoms with Crippen LogP contribution >= 0.6 is 15.9 Å². The minimum atomic E-state index is -0.198. The zero-order valence-electron chi connectivity index (χ0n) is 11.0. The van der Waals surface area contributed by atoms with E-state index in [1.165, 1.54) is 0 Å². The van der Waals surface area contributed by atoms with E-state index >= 15 is 0 Å². The fraction of sp³-hybridized carbons (Fsp3) is 0.462. The zero-order chi connectivity index (χ0) is 13.7. The Balaban J connectivity index is 2.91. The number of benzene rings is 1. The van der Waals surface area contributed by atoms with Crippen molar-refractivity contribution in [1.82, 2.24) is 0 Å². The molecule has 0 radical (unpaired) electrons. The molecule has 4 N–H and O–H groups in total. The van der Waals surface area contributed by atoms with Crippen LogP contribution < -0.4 is 16.4 Å². The highest BCUT2D eigenvalue weighted by Crippen LogP contribution is 2.27. The first kappa shape index (κ1) is 15.0. The Morgan fingerprint density at radius 1 is 1.33 bits per heavy atom. The summed E-state index contributed by atoms with van der Waals surface area (Å²) in [5.41, 5.74) is 7.16. The summed E-state index contributed by atoms with van der Waals surface area (Å²) >= 11 is 3.40. The third-order valence-corrected chi connectivity index (χ3v) is 2.98. The van der Waals surface area contributed by atoms with Crippen LogP contribution in [0.3, 0.4) is 0 Å². The van der Waals surface area contributed by atoms with Gasteiger partial charge in [0.05, 0.1) is 11.4 Å². The smallest absolute Gasteiger partial charge is 0.228 e. The van der Waals surface area contributed by atoms with Crippen LogP contribution in [-0.2, 0) is 4.79 Å². The Hall–Kier alpha value is -1.07. The van der Waals surface area contributed by atoms with Gasteiger partial charge >= 0.3 is 0 Å². The molecule has 0 heterocycles. The molecule has 4 nitrogen and oxygen atoms in total. The van der Waals surface area contributed by atoms with Gasteiger partial charge in [0, 0.05) is 23.0 Å². The van der Waals surface area contributed by atoms with Crippen molar-refractivity contribution < 1.29 is 4.79 Å². The van der Waals surface area contributed by atoms with Gasteiger partial charge in [-0.25, -0.2) is 0 Å². The summed E-state index contributed by atoms with van der Waals surface area (Å²) in [4.78, 5) is 11.9. The molecular formula is C13H20BrN3O. The lowest BCUT2D eigenvalue weighted by Crippen LogP contribution is -2.27. The molecule has 0 bridgehead atoms. The molecule has 1 atom stereocenters. The molecule has 18 heavy (non-hydrogen) atoms. The number of rotatable bonds is 5. The van der Waals surface area contributed by atoms with Gasteiger partial charge in [0.25, 0.3) is 0 Å². The minimum Gasteiger partial charge on any atom is -0.381 e. The van der Waals surface area contributed by atoms with Crippen LogP contribution in [0, 0.1) is 5.92 Å². The highest BCUT2D eigenvalue weighted by Gasteiger charge is 2.13. The van der Waals surface area contributed by atoms with Gasteiger partial charge in [0.1, 0.15) is 0 Å². The Morgan fingerprint density at radius 3 is 2.56 bits per heavy atom. The van der Waals surface area contributed by atoms with Gasteiger partial charge < -0.3 is 16.4 Å². The largest absolute Gasteiger partial charge is 0.381 e. The first-order valence-corrected chi connectivity index (χ1v) is 6.80. The fourth-order valence-electron chi connectivity index (χ4n) is 1.42. The van der Waals surface area contributed by atoms with E-state index in [-0.39, 0.29) is 11.8 Å². The second-order valence-corrected chi connectivity index (χ2v) is 5.53. The Labute approximate surface area is 116 Å². The van der Waals surface area contributed by atoms with Gasteiger partial charge in [-0.15, -0.1) is 0 Å². The second kappa shape index (κ2) is 6.75. The van der Waals surface area contributed by atoms with Gasteiger partial charge in [0.15, 0.2) is 0 Å². The minimum absolute atomic E-state index is 0.0672. The Bertz CT molecular complexity index is 421.